The van der Waals surface area contributed by atoms with E-state index in [4.69, 9.17) is 16.5 Å². The third-order valence-corrected chi connectivity index (χ3v) is 5.32. The Morgan fingerprint density at radius 3 is 2.41 bits per heavy atom. The monoisotopic (exact) mass is 424 g/mol. The summed E-state index contributed by atoms with van der Waals surface area (Å²) < 4.78 is 0. The van der Waals surface area contributed by atoms with Gasteiger partial charge in [-0.3, -0.25) is 4.98 Å². The van der Waals surface area contributed by atoms with Crippen LogP contribution in [0.25, 0.3) is 22.4 Å². The second-order valence-corrected chi connectivity index (χ2v) is 8.27. The second kappa shape index (κ2) is 9.68. The molecule has 32 heavy (non-hydrogen) atoms. The number of hydrogen-bond acceptors (Lipinski definition) is 6. The molecular weight excluding hydrogens is 396 g/mol. The van der Waals surface area contributed by atoms with Gasteiger partial charge in [-0.05, 0) is 48.2 Å². The van der Waals surface area contributed by atoms with Crippen LogP contribution in [0.4, 0.5) is 5.95 Å². The Bertz CT molecular complexity index is 1160. The lowest BCUT2D eigenvalue weighted by molar-refractivity contribution is 0.490. The molecule has 0 amide bonds. The van der Waals surface area contributed by atoms with Gasteiger partial charge >= 0.3 is 0 Å². The minimum absolute atomic E-state index is 0.449. The summed E-state index contributed by atoms with van der Waals surface area (Å²) in [5.74, 6) is 0.542. The van der Waals surface area contributed by atoms with Gasteiger partial charge in [-0.25, -0.2) is 9.97 Å². The Kier molecular flexibility index (Phi) is 6.54. The number of nitrogens with two attached hydrogens (primary N) is 2. The van der Waals surface area contributed by atoms with Crippen LogP contribution in [0.2, 0.25) is 0 Å². The molecule has 2 heterocycles. The number of benzene rings is 2. The molecule has 1 unspecified atom stereocenters. The Morgan fingerprint density at radius 2 is 1.66 bits per heavy atom. The lowest BCUT2D eigenvalue weighted by Gasteiger charge is -2.25. The van der Waals surface area contributed by atoms with Gasteiger partial charge in [0.05, 0.1) is 5.69 Å². The molecule has 1 atom stereocenters. The quantitative estimate of drug-likeness (QED) is 0.395. The van der Waals surface area contributed by atoms with E-state index in [1.165, 1.54) is 5.56 Å². The molecule has 4 aromatic rings. The molecule has 6 heteroatoms. The summed E-state index contributed by atoms with van der Waals surface area (Å²) in [5, 5.41) is 3.33. The predicted molar refractivity (Wildman–Crippen MR) is 130 cm³/mol. The van der Waals surface area contributed by atoms with Crippen molar-refractivity contribution in [2.75, 3.05) is 11.9 Å². The van der Waals surface area contributed by atoms with E-state index < -0.39 is 5.54 Å². The molecule has 4 rings (SSSR count). The van der Waals surface area contributed by atoms with Crippen molar-refractivity contribution in [3.63, 3.8) is 0 Å². The van der Waals surface area contributed by atoms with Crippen molar-refractivity contribution in [2.45, 2.75) is 25.4 Å². The normalized spacial score (nSPS) is 12.8. The van der Waals surface area contributed by atoms with E-state index >= 15 is 0 Å². The average Bonchev–Trinajstić information content (AvgIpc) is 2.83. The fraction of sp³-hybridized carbons (Fsp3) is 0.192. The van der Waals surface area contributed by atoms with Gasteiger partial charge in [-0.2, -0.15) is 0 Å². The summed E-state index contributed by atoms with van der Waals surface area (Å²) >= 11 is 0. The highest BCUT2D eigenvalue weighted by Crippen LogP contribution is 2.31. The third kappa shape index (κ3) is 5.35. The predicted octanol–water partition coefficient (Wildman–Crippen LogP) is 4.04. The zero-order valence-electron chi connectivity index (χ0n) is 18.2. The lowest BCUT2D eigenvalue weighted by Crippen LogP contribution is -2.45. The van der Waals surface area contributed by atoms with Gasteiger partial charge in [0, 0.05) is 48.3 Å². The smallest absolute Gasteiger partial charge is 0.223 e. The number of pyridine rings is 1. The fourth-order valence-electron chi connectivity index (χ4n) is 3.68. The first-order valence-electron chi connectivity index (χ1n) is 10.7. The van der Waals surface area contributed by atoms with E-state index in [-0.39, 0.29) is 0 Å². The van der Waals surface area contributed by atoms with E-state index in [0.717, 1.165) is 34.4 Å². The molecule has 2 aromatic carbocycles. The van der Waals surface area contributed by atoms with Crippen molar-refractivity contribution < 1.29 is 0 Å². The first-order chi connectivity index (χ1) is 15.5. The highest BCUT2D eigenvalue weighted by molar-refractivity contribution is 5.80. The Hall–Kier alpha value is -3.61. The maximum atomic E-state index is 6.56. The first kappa shape index (κ1) is 21.6. The van der Waals surface area contributed by atoms with Crippen LogP contribution in [0, 0.1) is 0 Å². The van der Waals surface area contributed by atoms with E-state index in [0.29, 0.717) is 19.0 Å². The van der Waals surface area contributed by atoms with Gasteiger partial charge in [0.2, 0.25) is 5.95 Å². The standard InChI is InChI=1S/C26H28N6/c1-26(28,15-19-6-3-2-4-7-19)18-31-25-30-17-23(22-9-5-8-20(14-22)16-27)24(32-25)21-10-12-29-13-11-21/h2-14,17H,15-16,18,27-28H2,1H3,(H,30,31,32). The number of anilines is 1. The summed E-state index contributed by atoms with van der Waals surface area (Å²) in [5.41, 5.74) is 18.0. The van der Waals surface area contributed by atoms with Gasteiger partial charge in [0.25, 0.3) is 0 Å². The van der Waals surface area contributed by atoms with Crippen LogP contribution in [-0.4, -0.2) is 27.0 Å². The van der Waals surface area contributed by atoms with Crippen molar-refractivity contribution >= 4 is 5.95 Å². The summed E-state index contributed by atoms with van der Waals surface area (Å²) in [6.45, 7) is 3.05. The van der Waals surface area contributed by atoms with Crippen molar-refractivity contribution in [2.24, 2.45) is 11.5 Å². The highest BCUT2D eigenvalue weighted by Gasteiger charge is 2.20. The minimum Gasteiger partial charge on any atom is -0.352 e. The first-order valence-corrected chi connectivity index (χ1v) is 10.7. The van der Waals surface area contributed by atoms with Crippen molar-refractivity contribution in [3.05, 3.63) is 96.4 Å². The molecular formula is C26H28N6. The van der Waals surface area contributed by atoms with Crippen molar-refractivity contribution in [1.29, 1.82) is 0 Å². The minimum atomic E-state index is -0.449. The molecule has 162 valence electrons. The van der Waals surface area contributed by atoms with Gasteiger partial charge in [-0.15, -0.1) is 0 Å². The fourth-order valence-corrected chi connectivity index (χ4v) is 3.68. The van der Waals surface area contributed by atoms with Crippen LogP contribution in [-0.2, 0) is 13.0 Å². The molecule has 0 spiro atoms. The molecule has 0 aliphatic heterocycles. The Balaban J connectivity index is 1.61. The SMILES string of the molecule is CC(N)(CNc1ncc(-c2cccc(CN)c2)c(-c2ccncc2)n1)Cc1ccccc1. The molecule has 5 N–H and O–H groups in total. The van der Waals surface area contributed by atoms with Gasteiger partial charge in [0.15, 0.2) is 0 Å². The Morgan fingerprint density at radius 1 is 0.906 bits per heavy atom. The molecule has 0 aliphatic carbocycles. The largest absolute Gasteiger partial charge is 0.352 e. The van der Waals surface area contributed by atoms with E-state index in [1.54, 1.807) is 12.4 Å². The van der Waals surface area contributed by atoms with Crippen LogP contribution in [0.1, 0.15) is 18.1 Å². The van der Waals surface area contributed by atoms with Crippen LogP contribution in [0.3, 0.4) is 0 Å². The van der Waals surface area contributed by atoms with E-state index in [2.05, 4.69) is 33.5 Å². The van der Waals surface area contributed by atoms with Crippen LogP contribution >= 0.6 is 0 Å². The maximum absolute atomic E-state index is 6.56. The zero-order valence-corrected chi connectivity index (χ0v) is 18.2. The molecule has 0 saturated heterocycles. The molecule has 6 nitrogen and oxygen atoms in total. The molecule has 0 bridgehead atoms. The van der Waals surface area contributed by atoms with Crippen LogP contribution < -0.4 is 16.8 Å². The second-order valence-electron chi connectivity index (χ2n) is 8.27. The van der Waals surface area contributed by atoms with Crippen LogP contribution in [0.15, 0.2) is 85.3 Å². The van der Waals surface area contributed by atoms with Crippen LogP contribution in [0.5, 0.6) is 0 Å². The zero-order chi connectivity index (χ0) is 22.4. The number of nitrogens with one attached hydrogen (secondary N) is 1. The van der Waals surface area contributed by atoms with Crippen molar-refractivity contribution in [3.8, 4) is 22.4 Å². The third-order valence-electron chi connectivity index (χ3n) is 5.32. The van der Waals surface area contributed by atoms with E-state index in [1.807, 2.05) is 61.7 Å². The summed E-state index contributed by atoms with van der Waals surface area (Å²) in [4.78, 5) is 13.6. The summed E-state index contributed by atoms with van der Waals surface area (Å²) in [6, 6.07) is 22.3. The number of rotatable bonds is 8. The van der Waals surface area contributed by atoms with Crippen molar-refractivity contribution in [1.82, 2.24) is 15.0 Å². The highest BCUT2D eigenvalue weighted by atomic mass is 15.1. The maximum Gasteiger partial charge on any atom is 0.223 e. The number of aromatic nitrogens is 3. The molecule has 2 aromatic heterocycles. The molecule has 0 fully saturated rings. The van der Waals surface area contributed by atoms with E-state index in [9.17, 15) is 0 Å². The summed E-state index contributed by atoms with van der Waals surface area (Å²) in [7, 11) is 0. The molecule has 0 radical (unpaired) electrons. The van der Waals surface area contributed by atoms with Gasteiger partial charge in [0.1, 0.15) is 0 Å². The topological polar surface area (TPSA) is 103 Å². The van der Waals surface area contributed by atoms with Gasteiger partial charge in [-0.1, -0.05) is 48.5 Å². The Labute approximate surface area is 188 Å². The number of hydrogen-bond donors (Lipinski definition) is 3. The van der Waals surface area contributed by atoms with Gasteiger partial charge < -0.3 is 16.8 Å². The molecule has 0 saturated carbocycles. The lowest BCUT2D eigenvalue weighted by atomic mass is 9.94. The average molecular weight is 425 g/mol. The number of nitrogens with zero attached hydrogens (tertiary/aromatic N) is 3. The summed E-state index contributed by atoms with van der Waals surface area (Å²) in [6.07, 6.45) is 6.14. The molecule has 0 aliphatic rings.